The average molecular weight is 220 g/mol. The number of carbonyl (C=O) groups is 1. The Morgan fingerprint density at radius 2 is 2.31 bits per heavy atom. The van der Waals surface area contributed by atoms with Crippen LogP contribution in [0.2, 0.25) is 0 Å². The van der Waals surface area contributed by atoms with Crippen molar-refractivity contribution in [2.75, 3.05) is 0 Å². The lowest BCUT2D eigenvalue weighted by Crippen LogP contribution is -2.06. The molecule has 0 unspecified atom stereocenters. The van der Waals surface area contributed by atoms with Gasteiger partial charge < -0.3 is 9.72 Å². The lowest BCUT2D eigenvalue weighted by Gasteiger charge is -2.03. The molecule has 0 aliphatic rings. The molecule has 0 aliphatic heterocycles. The van der Waals surface area contributed by atoms with Crippen LogP contribution in [0, 0.1) is 6.92 Å². The average Bonchev–Trinajstić information content (AvgIpc) is 2.56. The molecule has 1 heterocycles. The first-order chi connectivity index (χ1) is 7.54. The number of aromatic nitrogens is 2. The van der Waals surface area contributed by atoms with Crippen LogP contribution in [0.1, 0.15) is 24.1 Å². The van der Waals surface area contributed by atoms with Gasteiger partial charge in [-0.1, -0.05) is 12.7 Å². The number of H-pyrrole nitrogens is 1. The first-order valence-corrected chi connectivity index (χ1v) is 5.02. The third-order valence-electron chi connectivity index (χ3n) is 2.02. The highest BCUT2D eigenvalue weighted by molar-refractivity contribution is 5.86. The van der Waals surface area contributed by atoms with E-state index in [1.54, 1.807) is 13.0 Å². The third-order valence-corrected chi connectivity index (χ3v) is 2.02. The Bertz CT molecular complexity index is 419. The molecule has 0 aromatic carbocycles. The first-order valence-electron chi connectivity index (χ1n) is 5.02. The fourth-order valence-corrected chi connectivity index (χ4v) is 1.27. The van der Waals surface area contributed by atoms with Crippen molar-refractivity contribution in [3.8, 4) is 0 Å². The van der Waals surface area contributed by atoms with Crippen molar-refractivity contribution in [2.45, 2.75) is 26.9 Å². The van der Waals surface area contributed by atoms with Crippen LogP contribution in [-0.2, 0) is 22.6 Å². The number of aryl methyl sites for hydroxylation is 1. The minimum Gasteiger partial charge on any atom is -0.456 e. The van der Waals surface area contributed by atoms with E-state index < -0.39 is 5.97 Å². The summed E-state index contributed by atoms with van der Waals surface area (Å²) in [4.78, 5) is 18.6. The molecule has 16 heavy (non-hydrogen) atoms. The van der Waals surface area contributed by atoms with Gasteiger partial charge in [-0.2, -0.15) is 0 Å². The minimum absolute atomic E-state index is 0.190. The summed E-state index contributed by atoms with van der Waals surface area (Å²) < 4.78 is 5.05. The van der Waals surface area contributed by atoms with Crippen LogP contribution in [0.5, 0.6) is 0 Å². The highest BCUT2D eigenvalue weighted by Crippen LogP contribution is 2.09. The zero-order valence-electron chi connectivity index (χ0n) is 9.67. The molecular weight excluding hydrogens is 204 g/mol. The Hall–Kier alpha value is -1.84. The number of nitrogens with one attached hydrogen (secondary N) is 1. The monoisotopic (exact) mass is 220 g/mol. The van der Waals surface area contributed by atoms with Crippen molar-refractivity contribution >= 4 is 5.97 Å². The Labute approximate surface area is 95.0 Å². The van der Waals surface area contributed by atoms with Gasteiger partial charge in [0.05, 0.1) is 11.4 Å². The minimum atomic E-state index is -0.392. The van der Waals surface area contributed by atoms with E-state index in [1.807, 2.05) is 6.92 Å². The summed E-state index contributed by atoms with van der Waals surface area (Å²) in [6.45, 7) is 10.8. The summed E-state index contributed by atoms with van der Waals surface area (Å²) in [5, 5.41) is 0. The fraction of sp³-hybridized carbons (Fsp3) is 0.333. The normalized spacial score (nSPS) is 9.88. The van der Waals surface area contributed by atoms with Crippen LogP contribution in [-0.4, -0.2) is 15.9 Å². The Morgan fingerprint density at radius 1 is 1.62 bits per heavy atom. The van der Waals surface area contributed by atoms with E-state index in [4.69, 9.17) is 4.74 Å². The summed E-state index contributed by atoms with van der Waals surface area (Å²) in [5.74, 6) is 0.412. The summed E-state index contributed by atoms with van der Waals surface area (Å²) in [7, 11) is 0. The molecule has 0 spiro atoms. The van der Waals surface area contributed by atoms with E-state index in [0.29, 0.717) is 12.0 Å². The molecule has 4 heteroatoms. The molecule has 0 radical (unpaired) electrons. The van der Waals surface area contributed by atoms with E-state index >= 15 is 0 Å². The van der Waals surface area contributed by atoms with Gasteiger partial charge in [-0.25, -0.2) is 9.78 Å². The van der Waals surface area contributed by atoms with Gasteiger partial charge in [0, 0.05) is 12.0 Å². The molecule has 0 saturated carbocycles. The van der Waals surface area contributed by atoms with Crippen LogP contribution >= 0.6 is 0 Å². The van der Waals surface area contributed by atoms with Gasteiger partial charge in [-0.15, -0.1) is 6.58 Å². The smallest absolute Gasteiger partial charge is 0.333 e. The number of esters is 1. The molecule has 0 aliphatic carbocycles. The second kappa shape index (κ2) is 5.30. The maximum Gasteiger partial charge on any atom is 0.333 e. The van der Waals surface area contributed by atoms with Crippen molar-refractivity contribution < 1.29 is 9.53 Å². The second-order valence-corrected chi connectivity index (χ2v) is 3.60. The standard InChI is InChI=1S/C12H16N2O2/c1-5-6-10-11(14-9(4)13-10)7-16-12(15)8(2)3/h5H,1-2,6-7H2,3-4H3,(H,13,14). The lowest BCUT2D eigenvalue weighted by atomic mass is 10.2. The summed E-state index contributed by atoms with van der Waals surface area (Å²) >= 11 is 0. The highest BCUT2D eigenvalue weighted by atomic mass is 16.5. The van der Waals surface area contributed by atoms with Gasteiger partial charge in [0.25, 0.3) is 0 Å². The van der Waals surface area contributed by atoms with E-state index in [1.165, 1.54) is 0 Å². The van der Waals surface area contributed by atoms with E-state index in [2.05, 4.69) is 23.1 Å². The van der Waals surface area contributed by atoms with Crippen LogP contribution < -0.4 is 0 Å². The number of aromatic amines is 1. The number of allylic oxidation sites excluding steroid dienone is 1. The van der Waals surface area contributed by atoms with Gasteiger partial charge in [0.15, 0.2) is 0 Å². The number of imidazole rings is 1. The van der Waals surface area contributed by atoms with Crippen molar-refractivity contribution in [2.24, 2.45) is 0 Å². The largest absolute Gasteiger partial charge is 0.456 e. The van der Waals surface area contributed by atoms with Crippen LogP contribution in [0.15, 0.2) is 24.8 Å². The highest BCUT2D eigenvalue weighted by Gasteiger charge is 2.10. The summed E-state index contributed by atoms with van der Waals surface area (Å²) in [6.07, 6.45) is 2.42. The van der Waals surface area contributed by atoms with Crippen LogP contribution in [0.4, 0.5) is 0 Å². The van der Waals surface area contributed by atoms with Crippen LogP contribution in [0.3, 0.4) is 0 Å². The third kappa shape index (κ3) is 3.08. The second-order valence-electron chi connectivity index (χ2n) is 3.60. The SMILES string of the molecule is C=CCc1nc(C)[nH]c1COC(=O)C(=C)C. The quantitative estimate of drug-likeness (QED) is 0.469. The maximum absolute atomic E-state index is 11.2. The number of ether oxygens (including phenoxy) is 1. The van der Waals surface area contributed by atoms with Crippen molar-refractivity contribution in [3.63, 3.8) is 0 Å². The molecule has 1 rings (SSSR count). The molecule has 1 aromatic rings. The number of hydrogen-bond acceptors (Lipinski definition) is 3. The fourth-order valence-electron chi connectivity index (χ4n) is 1.27. The lowest BCUT2D eigenvalue weighted by molar-refractivity contribution is -0.140. The van der Waals surface area contributed by atoms with Gasteiger partial charge in [-0.3, -0.25) is 0 Å². The Kier molecular flexibility index (Phi) is 4.05. The van der Waals surface area contributed by atoms with Crippen molar-refractivity contribution in [1.29, 1.82) is 0 Å². The van der Waals surface area contributed by atoms with Crippen molar-refractivity contribution in [3.05, 3.63) is 42.0 Å². The zero-order valence-corrected chi connectivity index (χ0v) is 9.67. The molecule has 1 N–H and O–H groups in total. The topological polar surface area (TPSA) is 55.0 Å². The molecule has 4 nitrogen and oxygen atoms in total. The summed E-state index contributed by atoms with van der Waals surface area (Å²) in [6, 6.07) is 0. The molecular formula is C12H16N2O2. The zero-order chi connectivity index (χ0) is 12.1. The molecule has 86 valence electrons. The predicted molar refractivity (Wildman–Crippen MR) is 61.8 cm³/mol. The van der Waals surface area contributed by atoms with E-state index in [9.17, 15) is 4.79 Å². The van der Waals surface area contributed by atoms with Gasteiger partial charge >= 0.3 is 5.97 Å². The molecule has 0 fully saturated rings. The molecule has 0 amide bonds. The Balaban J connectivity index is 2.69. The van der Waals surface area contributed by atoms with Gasteiger partial charge in [-0.05, 0) is 13.8 Å². The number of rotatable bonds is 5. The first kappa shape index (κ1) is 12.2. The summed E-state index contributed by atoms with van der Waals surface area (Å²) in [5.41, 5.74) is 2.07. The number of carbonyl (C=O) groups excluding carboxylic acids is 1. The van der Waals surface area contributed by atoms with Gasteiger partial charge in [0.2, 0.25) is 0 Å². The van der Waals surface area contributed by atoms with E-state index in [0.717, 1.165) is 17.2 Å². The number of nitrogens with zero attached hydrogens (tertiary/aromatic N) is 1. The van der Waals surface area contributed by atoms with Crippen LogP contribution in [0.25, 0.3) is 0 Å². The molecule has 0 bridgehead atoms. The van der Waals surface area contributed by atoms with Crippen molar-refractivity contribution in [1.82, 2.24) is 9.97 Å². The Morgan fingerprint density at radius 3 is 2.88 bits per heavy atom. The van der Waals surface area contributed by atoms with Gasteiger partial charge in [0.1, 0.15) is 12.4 Å². The molecule has 0 atom stereocenters. The molecule has 1 aromatic heterocycles. The maximum atomic E-state index is 11.2. The van der Waals surface area contributed by atoms with E-state index in [-0.39, 0.29) is 6.61 Å². The predicted octanol–water partition coefficient (Wildman–Crippen LogP) is 2.07. The number of hydrogen-bond donors (Lipinski definition) is 1. The molecule has 0 saturated heterocycles.